The fourth-order valence-corrected chi connectivity index (χ4v) is 2.13. The number of hydrogen-bond acceptors (Lipinski definition) is 2. The minimum absolute atomic E-state index is 0.127. The average Bonchev–Trinajstić information content (AvgIpc) is 2.77. The van der Waals surface area contributed by atoms with Crippen molar-refractivity contribution < 1.29 is 0 Å². The van der Waals surface area contributed by atoms with Gasteiger partial charge in [0.1, 0.15) is 0 Å². The molecule has 0 bridgehead atoms. The summed E-state index contributed by atoms with van der Waals surface area (Å²) in [5.74, 6) is 0. The van der Waals surface area contributed by atoms with Crippen molar-refractivity contribution in [1.29, 1.82) is 0 Å². The van der Waals surface area contributed by atoms with Crippen molar-refractivity contribution in [2.45, 2.75) is 6.54 Å². The zero-order valence-electron chi connectivity index (χ0n) is 9.43. The van der Waals surface area contributed by atoms with Gasteiger partial charge in [-0.2, -0.15) is 5.10 Å². The molecule has 0 aliphatic rings. The molecule has 1 aromatic carbocycles. The SMILES string of the molecule is O=c1[nH]ccc2c1cnn2Cc1ccccc1Cl. The Balaban J connectivity index is 2.09. The number of H-pyrrole nitrogens is 1. The van der Waals surface area contributed by atoms with Gasteiger partial charge in [0.2, 0.25) is 0 Å². The van der Waals surface area contributed by atoms with Crippen LogP contribution < -0.4 is 5.56 Å². The van der Waals surface area contributed by atoms with E-state index in [0.29, 0.717) is 17.0 Å². The van der Waals surface area contributed by atoms with Crippen LogP contribution >= 0.6 is 11.6 Å². The molecule has 3 rings (SSSR count). The molecular formula is C13H10ClN3O. The van der Waals surface area contributed by atoms with Gasteiger partial charge in [-0.3, -0.25) is 9.48 Å². The van der Waals surface area contributed by atoms with E-state index in [-0.39, 0.29) is 5.56 Å². The lowest BCUT2D eigenvalue weighted by Crippen LogP contribution is -2.06. The fraction of sp³-hybridized carbons (Fsp3) is 0.0769. The summed E-state index contributed by atoms with van der Waals surface area (Å²) >= 11 is 6.11. The number of aromatic nitrogens is 3. The van der Waals surface area contributed by atoms with Crippen molar-refractivity contribution in [3.63, 3.8) is 0 Å². The first kappa shape index (κ1) is 11.0. The third-order valence-electron chi connectivity index (χ3n) is 2.86. The Morgan fingerprint density at radius 1 is 1.28 bits per heavy atom. The number of halogens is 1. The highest BCUT2D eigenvalue weighted by atomic mass is 35.5. The topological polar surface area (TPSA) is 50.7 Å². The van der Waals surface area contributed by atoms with Crippen molar-refractivity contribution in [1.82, 2.24) is 14.8 Å². The van der Waals surface area contributed by atoms with Gasteiger partial charge in [-0.25, -0.2) is 0 Å². The van der Waals surface area contributed by atoms with Crippen LogP contribution in [-0.2, 0) is 6.54 Å². The lowest BCUT2D eigenvalue weighted by molar-refractivity contribution is 0.712. The van der Waals surface area contributed by atoms with Crippen LogP contribution in [0.4, 0.5) is 0 Å². The molecule has 0 amide bonds. The Hall–Kier alpha value is -2.07. The lowest BCUT2D eigenvalue weighted by atomic mass is 10.2. The molecule has 4 nitrogen and oxygen atoms in total. The van der Waals surface area contributed by atoms with Gasteiger partial charge < -0.3 is 4.98 Å². The van der Waals surface area contributed by atoms with Gasteiger partial charge in [-0.1, -0.05) is 29.8 Å². The predicted molar refractivity (Wildman–Crippen MR) is 70.9 cm³/mol. The van der Waals surface area contributed by atoms with Gasteiger partial charge in [0.05, 0.1) is 23.6 Å². The molecule has 5 heteroatoms. The first-order chi connectivity index (χ1) is 8.75. The Morgan fingerprint density at radius 3 is 2.94 bits per heavy atom. The molecule has 0 atom stereocenters. The first-order valence-electron chi connectivity index (χ1n) is 5.52. The van der Waals surface area contributed by atoms with Crippen molar-refractivity contribution in [3.05, 3.63) is 63.7 Å². The van der Waals surface area contributed by atoms with Gasteiger partial charge in [0.15, 0.2) is 0 Å². The highest BCUT2D eigenvalue weighted by molar-refractivity contribution is 6.31. The fourth-order valence-electron chi connectivity index (χ4n) is 1.93. The number of hydrogen-bond donors (Lipinski definition) is 1. The van der Waals surface area contributed by atoms with Crippen molar-refractivity contribution in [3.8, 4) is 0 Å². The number of aromatic amines is 1. The van der Waals surface area contributed by atoms with Gasteiger partial charge >= 0.3 is 0 Å². The zero-order valence-corrected chi connectivity index (χ0v) is 10.2. The minimum Gasteiger partial charge on any atom is -0.328 e. The standard InChI is InChI=1S/C13H10ClN3O/c14-11-4-2-1-3-9(11)8-17-12-5-6-15-13(18)10(12)7-16-17/h1-7H,8H2,(H,15,18). The average molecular weight is 260 g/mol. The van der Waals surface area contributed by atoms with E-state index in [1.54, 1.807) is 17.1 Å². The van der Waals surface area contributed by atoms with Gasteiger partial charge in [-0.05, 0) is 17.7 Å². The molecule has 2 aromatic heterocycles. The second kappa shape index (κ2) is 4.31. The van der Waals surface area contributed by atoms with E-state index in [1.807, 2.05) is 30.3 Å². The molecule has 2 heterocycles. The molecule has 1 N–H and O–H groups in total. The molecule has 18 heavy (non-hydrogen) atoms. The van der Waals surface area contributed by atoms with Gasteiger partial charge in [-0.15, -0.1) is 0 Å². The van der Waals surface area contributed by atoms with E-state index in [9.17, 15) is 4.79 Å². The Kier molecular flexibility index (Phi) is 2.64. The monoisotopic (exact) mass is 259 g/mol. The summed E-state index contributed by atoms with van der Waals surface area (Å²) in [6.07, 6.45) is 3.19. The number of fused-ring (bicyclic) bond motifs is 1. The van der Waals surface area contributed by atoms with E-state index in [4.69, 9.17) is 11.6 Å². The first-order valence-corrected chi connectivity index (χ1v) is 5.90. The number of rotatable bonds is 2. The molecule has 0 aliphatic heterocycles. The zero-order chi connectivity index (χ0) is 12.5. The molecule has 0 unspecified atom stereocenters. The largest absolute Gasteiger partial charge is 0.328 e. The maximum absolute atomic E-state index is 11.6. The van der Waals surface area contributed by atoms with Crippen LogP contribution in [0.15, 0.2) is 47.5 Å². The summed E-state index contributed by atoms with van der Waals surface area (Å²) in [7, 11) is 0. The summed E-state index contributed by atoms with van der Waals surface area (Å²) in [6, 6.07) is 9.44. The normalized spacial score (nSPS) is 10.9. The van der Waals surface area contributed by atoms with Crippen LogP contribution in [0.5, 0.6) is 0 Å². The number of nitrogens with zero attached hydrogens (tertiary/aromatic N) is 2. The van der Waals surface area contributed by atoms with Gasteiger partial charge in [0, 0.05) is 11.2 Å². The minimum atomic E-state index is -0.127. The third-order valence-corrected chi connectivity index (χ3v) is 3.23. The van der Waals surface area contributed by atoms with Crippen molar-refractivity contribution in [2.75, 3.05) is 0 Å². The number of nitrogens with one attached hydrogen (secondary N) is 1. The van der Waals surface area contributed by atoms with E-state index < -0.39 is 0 Å². The summed E-state index contributed by atoms with van der Waals surface area (Å²) in [5, 5.41) is 5.52. The predicted octanol–water partition coefficient (Wildman–Crippen LogP) is 2.43. The Bertz CT molecular complexity index is 760. The molecule has 0 aliphatic carbocycles. The molecule has 0 spiro atoms. The second-order valence-electron chi connectivity index (χ2n) is 4.00. The molecule has 0 fully saturated rings. The van der Waals surface area contributed by atoms with Crippen LogP contribution in [-0.4, -0.2) is 14.8 Å². The van der Waals surface area contributed by atoms with Crippen LogP contribution in [0.25, 0.3) is 10.9 Å². The molecule has 0 saturated heterocycles. The molecule has 0 saturated carbocycles. The van der Waals surface area contributed by atoms with E-state index in [2.05, 4.69) is 10.1 Å². The number of pyridine rings is 1. The molecule has 0 radical (unpaired) electrons. The van der Waals surface area contributed by atoms with E-state index in [1.165, 1.54) is 0 Å². The quantitative estimate of drug-likeness (QED) is 0.768. The van der Waals surface area contributed by atoms with E-state index >= 15 is 0 Å². The smallest absolute Gasteiger partial charge is 0.259 e. The molecular weight excluding hydrogens is 250 g/mol. The van der Waals surface area contributed by atoms with Crippen molar-refractivity contribution in [2.24, 2.45) is 0 Å². The summed E-state index contributed by atoms with van der Waals surface area (Å²) in [5.41, 5.74) is 1.65. The lowest BCUT2D eigenvalue weighted by Gasteiger charge is -2.05. The Labute approximate surface area is 108 Å². The van der Waals surface area contributed by atoms with Crippen LogP contribution in [0.1, 0.15) is 5.56 Å². The summed E-state index contributed by atoms with van der Waals surface area (Å²) < 4.78 is 1.77. The third kappa shape index (κ3) is 1.80. The maximum Gasteiger partial charge on any atom is 0.259 e. The maximum atomic E-state index is 11.6. The highest BCUT2D eigenvalue weighted by Gasteiger charge is 2.07. The summed E-state index contributed by atoms with van der Waals surface area (Å²) in [4.78, 5) is 14.2. The van der Waals surface area contributed by atoms with E-state index in [0.717, 1.165) is 11.1 Å². The van der Waals surface area contributed by atoms with Gasteiger partial charge in [0.25, 0.3) is 5.56 Å². The molecule has 3 aromatic rings. The Morgan fingerprint density at radius 2 is 2.11 bits per heavy atom. The van der Waals surface area contributed by atoms with Crippen LogP contribution in [0.2, 0.25) is 5.02 Å². The number of benzene rings is 1. The van der Waals surface area contributed by atoms with Crippen LogP contribution in [0.3, 0.4) is 0 Å². The van der Waals surface area contributed by atoms with Crippen LogP contribution in [0, 0.1) is 0 Å². The highest BCUT2D eigenvalue weighted by Crippen LogP contribution is 2.17. The molecule has 90 valence electrons. The van der Waals surface area contributed by atoms with Crippen molar-refractivity contribution >= 4 is 22.5 Å². The second-order valence-corrected chi connectivity index (χ2v) is 4.41. The summed E-state index contributed by atoms with van der Waals surface area (Å²) in [6.45, 7) is 0.548.